The van der Waals surface area contributed by atoms with E-state index in [0.717, 1.165) is 38.7 Å². The summed E-state index contributed by atoms with van der Waals surface area (Å²) < 4.78 is 5.39. The molecule has 2 heterocycles. The minimum absolute atomic E-state index is 0.651. The third-order valence-electron chi connectivity index (χ3n) is 4.08. The molecule has 0 unspecified atom stereocenters. The molecule has 0 spiro atoms. The van der Waals surface area contributed by atoms with Crippen LogP contribution >= 0.6 is 0 Å². The number of ether oxygens (including phenoxy) is 1. The Kier molecular flexibility index (Phi) is 5.61. The molecule has 2 aromatic rings. The van der Waals surface area contributed by atoms with Gasteiger partial charge in [-0.2, -0.15) is 4.98 Å². The van der Waals surface area contributed by atoms with Crippen LogP contribution in [-0.4, -0.2) is 55.3 Å². The van der Waals surface area contributed by atoms with Gasteiger partial charge in [0.1, 0.15) is 5.82 Å². The van der Waals surface area contributed by atoms with E-state index in [2.05, 4.69) is 44.5 Å². The second kappa shape index (κ2) is 8.08. The lowest BCUT2D eigenvalue weighted by Crippen LogP contribution is -2.35. The predicted molar refractivity (Wildman–Crippen MR) is 96.2 cm³/mol. The van der Waals surface area contributed by atoms with Gasteiger partial charge in [-0.1, -0.05) is 24.3 Å². The molecule has 128 valence electrons. The summed E-state index contributed by atoms with van der Waals surface area (Å²) in [6.07, 6.45) is 1.77. The van der Waals surface area contributed by atoms with E-state index in [1.165, 1.54) is 11.1 Å². The summed E-state index contributed by atoms with van der Waals surface area (Å²) in [7, 11) is 3.94. The van der Waals surface area contributed by atoms with E-state index in [-0.39, 0.29) is 0 Å². The van der Waals surface area contributed by atoms with Crippen LogP contribution in [0.15, 0.2) is 36.5 Å². The van der Waals surface area contributed by atoms with Crippen LogP contribution in [0.1, 0.15) is 11.1 Å². The molecule has 6 heteroatoms. The van der Waals surface area contributed by atoms with Gasteiger partial charge in [0.2, 0.25) is 5.95 Å². The Bertz CT molecular complexity index is 638. The molecule has 1 fully saturated rings. The largest absolute Gasteiger partial charge is 0.379 e. The lowest BCUT2D eigenvalue weighted by molar-refractivity contribution is 0.0342. The maximum absolute atomic E-state index is 5.39. The highest BCUT2D eigenvalue weighted by molar-refractivity contribution is 5.41. The zero-order valence-electron chi connectivity index (χ0n) is 14.4. The van der Waals surface area contributed by atoms with Gasteiger partial charge in [-0.05, 0) is 17.2 Å². The zero-order valence-corrected chi connectivity index (χ0v) is 14.4. The summed E-state index contributed by atoms with van der Waals surface area (Å²) >= 11 is 0. The van der Waals surface area contributed by atoms with E-state index in [9.17, 15) is 0 Å². The molecule has 0 amide bonds. The summed E-state index contributed by atoms with van der Waals surface area (Å²) in [5.74, 6) is 1.55. The molecule has 1 aromatic heterocycles. The maximum Gasteiger partial charge on any atom is 0.224 e. The zero-order chi connectivity index (χ0) is 16.8. The van der Waals surface area contributed by atoms with Crippen LogP contribution in [0.5, 0.6) is 0 Å². The van der Waals surface area contributed by atoms with E-state index in [0.29, 0.717) is 12.5 Å². The fourth-order valence-electron chi connectivity index (χ4n) is 2.64. The van der Waals surface area contributed by atoms with E-state index < -0.39 is 0 Å². The van der Waals surface area contributed by atoms with Crippen LogP contribution in [0.3, 0.4) is 0 Å². The summed E-state index contributed by atoms with van der Waals surface area (Å²) in [6.45, 7) is 5.42. The predicted octanol–water partition coefficient (Wildman–Crippen LogP) is 1.99. The van der Waals surface area contributed by atoms with Gasteiger partial charge in [0.05, 0.1) is 13.2 Å². The number of nitrogens with one attached hydrogen (secondary N) is 1. The lowest BCUT2D eigenvalue weighted by atomic mass is 10.1. The molecule has 1 aliphatic rings. The first-order chi connectivity index (χ1) is 11.7. The van der Waals surface area contributed by atoms with E-state index in [1.54, 1.807) is 6.20 Å². The number of rotatable bonds is 6. The van der Waals surface area contributed by atoms with Gasteiger partial charge in [0.15, 0.2) is 0 Å². The highest BCUT2D eigenvalue weighted by Gasteiger charge is 2.10. The molecule has 1 aromatic carbocycles. The second-order valence-corrected chi connectivity index (χ2v) is 6.19. The van der Waals surface area contributed by atoms with Gasteiger partial charge in [-0.25, -0.2) is 4.98 Å². The van der Waals surface area contributed by atoms with E-state index in [1.807, 2.05) is 25.1 Å². The van der Waals surface area contributed by atoms with Crippen molar-refractivity contribution >= 4 is 11.8 Å². The standard InChI is InChI=1S/C18H25N5O/c1-22(2)17-7-8-19-18(21-17)20-13-15-3-5-16(6-4-15)14-23-9-11-24-12-10-23/h3-8H,9-14H2,1-2H3,(H,19,20,21). The summed E-state index contributed by atoms with van der Waals surface area (Å²) in [5, 5.41) is 3.28. The second-order valence-electron chi connectivity index (χ2n) is 6.19. The summed E-state index contributed by atoms with van der Waals surface area (Å²) in [4.78, 5) is 13.1. The van der Waals surface area contributed by atoms with Crippen molar-refractivity contribution in [3.63, 3.8) is 0 Å². The Balaban J connectivity index is 1.53. The third kappa shape index (κ3) is 4.66. The smallest absolute Gasteiger partial charge is 0.224 e. The monoisotopic (exact) mass is 327 g/mol. The number of anilines is 2. The van der Waals surface area contributed by atoms with Crippen molar-refractivity contribution < 1.29 is 4.74 Å². The molecule has 24 heavy (non-hydrogen) atoms. The van der Waals surface area contributed by atoms with Crippen molar-refractivity contribution in [2.24, 2.45) is 0 Å². The fourth-order valence-corrected chi connectivity index (χ4v) is 2.64. The third-order valence-corrected chi connectivity index (χ3v) is 4.08. The normalized spacial score (nSPS) is 15.2. The van der Waals surface area contributed by atoms with E-state index >= 15 is 0 Å². The quantitative estimate of drug-likeness (QED) is 0.876. The Morgan fingerprint density at radius 2 is 1.79 bits per heavy atom. The minimum atomic E-state index is 0.651. The van der Waals surface area contributed by atoms with Gasteiger partial charge in [-0.3, -0.25) is 4.90 Å². The van der Waals surface area contributed by atoms with Gasteiger partial charge in [0.25, 0.3) is 0 Å². The highest BCUT2D eigenvalue weighted by atomic mass is 16.5. The average Bonchev–Trinajstić information content (AvgIpc) is 2.62. The molecule has 6 nitrogen and oxygen atoms in total. The Hall–Kier alpha value is -2.18. The molecule has 1 saturated heterocycles. The van der Waals surface area contributed by atoms with Gasteiger partial charge in [-0.15, -0.1) is 0 Å². The topological polar surface area (TPSA) is 53.5 Å². The van der Waals surface area contributed by atoms with Crippen molar-refractivity contribution in [3.05, 3.63) is 47.7 Å². The number of aromatic nitrogens is 2. The molecule has 0 saturated carbocycles. The molecule has 3 rings (SSSR count). The van der Waals surface area contributed by atoms with Crippen LogP contribution in [0.4, 0.5) is 11.8 Å². The van der Waals surface area contributed by atoms with Crippen LogP contribution in [0.2, 0.25) is 0 Å². The molecular weight excluding hydrogens is 302 g/mol. The minimum Gasteiger partial charge on any atom is -0.379 e. The molecule has 0 aliphatic carbocycles. The molecule has 0 radical (unpaired) electrons. The number of benzene rings is 1. The van der Waals surface area contributed by atoms with Crippen molar-refractivity contribution in [2.45, 2.75) is 13.1 Å². The number of hydrogen-bond acceptors (Lipinski definition) is 6. The van der Waals surface area contributed by atoms with Crippen molar-refractivity contribution in [2.75, 3.05) is 50.6 Å². The van der Waals surface area contributed by atoms with Gasteiger partial charge in [0, 0.05) is 46.5 Å². The number of hydrogen-bond donors (Lipinski definition) is 1. The molecule has 0 bridgehead atoms. The van der Waals surface area contributed by atoms with Gasteiger partial charge >= 0.3 is 0 Å². The van der Waals surface area contributed by atoms with Crippen molar-refractivity contribution in [3.8, 4) is 0 Å². The molecule has 1 aliphatic heterocycles. The van der Waals surface area contributed by atoms with Crippen molar-refractivity contribution in [1.82, 2.24) is 14.9 Å². The summed E-state index contributed by atoms with van der Waals surface area (Å²) in [6, 6.07) is 10.6. The van der Waals surface area contributed by atoms with Crippen LogP contribution in [0, 0.1) is 0 Å². The fraction of sp³-hybridized carbons (Fsp3) is 0.444. The number of nitrogens with zero attached hydrogens (tertiary/aromatic N) is 4. The first kappa shape index (κ1) is 16.7. The first-order valence-electron chi connectivity index (χ1n) is 8.33. The van der Waals surface area contributed by atoms with Crippen molar-refractivity contribution in [1.29, 1.82) is 0 Å². The van der Waals surface area contributed by atoms with Crippen LogP contribution in [-0.2, 0) is 17.8 Å². The highest BCUT2D eigenvalue weighted by Crippen LogP contribution is 2.12. The Labute approximate surface area is 143 Å². The first-order valence-corrected chi connectivity index (χ1v) is 8.33. The number of morpholine rings is 1. The lowest BCUT2D eigenvalue weighted by Gasteiger charge is -2.26. The van der Waals surface area contributed by atoms with Gasteiger partial charge < -0.3 is 15.0 Å². The summed E-state index contributed by atoms with van der Waals surface area (Å²) in [5.41, 5.74) is 2.56. The molecule has 1 N–H and O–H groups in total. The molecule has 0 atom stereocenters. The SMILES string of the molecule is CN(C)c1ccnc(NCc2ccc(CN3CCOCC3)cc2)n1. The average molecular weight is 327 g/mol. The Morgan fingerprint density at radius 3 is 2.50 bits per heavy atom. The van der Waals surface area contributed by atoms with E-state index in [4.69, 9.17) is 4.74 Å². The van der Waals surface area contributed by atoms with Crippen LogP contribution in [0.25, 0.3) is 0 Å². The van der Waals surface area contributed by atoms with Crippen LogP contribution < -0.4 is 10.2 Å². The maximum atomic E-state index is 5.39. The molecular formula is C18H25N5O. The Morgan fingerprint density at radius 1 is 1.08 bits per heavy atom.